The summed E-state index contributed by atoms with van der Waals surface area (Å²) >= 11 is 0. The number of H-pyrrole nitrogens is 2. The molecule has 0 spiro atoms. The molecule has 0 aliphatic heterocycles. The van der Waals surface area contributed by atoms with Crippen molar-refractivity contribution in [3.05, 3.63) is 64.6 Å². The number of benzene rings is 2. The van der Waals surface area contributed by atoms with Crippen LogP contribution in [0.1, 0.15) is 17.3 Å². The molecule has 2 aromatic heterocycles. The Balaban J connectivity index is 1.99. The van der Waals surface area contributed by atoms with Gasteiger partial charge in [0.15, 0.2) is 0 Å². The van der Waals surface area contributed by atoms with E-state index in [1.165, 1.54) is 6.20 Å². The third-order valence-corrected chi connectivity index (χ3v) is 5.26. The van der Waals surface area contributed by atoms with E-state index in [1.54, 1.807) is 43.3 Å². The zero-order chi connectivity index (χ0) is 21.5. The summed E-state index contributed by atoms with van der Waals surface area (Å²) in [5.74, 6) is -0.528. The molecule has 2 aromatic carbocycles. The molecule has 0 saturated carbocycles. The molecule has 0 fully saturated rings. The maximum atomic E-state index is 12.4. The number of ether oxygens (including phenoxy) is 1. The number of hydrogen-bond acceptors (Lipinski definition) is 5. The van der Waals surface area contributed by atoms with Gasteiger partial charge in [-0.05, 0) is 30.7 Å². The van der Waals surface area contributed by atoms with E-state index < -0.39 is 16.0 Å². The van der Waals surface area contributed by atoms with Crippen molar-refractivity contribution in [3.63, 3.8) is 0 Å². The number of anilines is 1. The number of aromatic nitrogens is 2. The first-order valence-electron chi connectivity index (χ1n) is 9.20. The van der Waals surface area contributed by atoms with Gasteiger partial charge in [-0.2, -0.15) is 0 Å². The first-order chi connectivity index (χ1) is 14.3. The monoisotopic (exact) mass is 425 g/mol. The standard InChI is InChI=1S/C21H19N3O5S/c1-3-29-21(26)15-11-22-19-18(15)14-10-12(8-9-16(14)23-20(19)25)13-6-4-5-7-17(13)24-30(2,27)28/h4-11,22,24H,3H2,1-2H3,(H,23,25). The van der Waals surface area contributed by atoms with Crippen LogP contribution in [-0.2, 0) is 14.8 Å². The molecule has 0 radical (unpaired) electrons. The van der Waals surface area contributed by atoms with Gasteiger partial charge in [-0.15, -0.1) is 0 Å². The van der Waals surface area contributed by atoms with E-state index >= 15 is 0 Å². The molecule has 0 aliphatic rings. The largest absolute Gasteiger partial charge is 0.462 e. The van der Waals surface area contributed by atoms with E-state index in [-0.39, 0.29) is 23.2 Å². The van der Waals surface area contributed by atoms with Crippen LogP contribution in [0, 0.1) is 0 Å². The van der Waals surface area contributed by atoms with Gasteiger partial charge in [0.25, 0.3) is 5.56 Å². The van der Waals surface area contributed by atoms with Crippen molar-refractivity contribution >= 4 is 43.5 Å². The average Bonchev–Trinajstić information content (AvgIpc) is 3.14. The number of nitrogens with one attached hydrogen (secondary N) is 3. The number of aromatic amines is 2. The Kier molecular flexibility index (Phi) is 4.83. The van der Waals surface area contributed by atoms with Crippen molar-refractivity contribution in [2.45, 2.75) is 6.92 Å². The van der Waals surface area contributed by atoms with Crippen LogP contribution in [0.5, 0.6) is 0 Å². The Bertz CT molecular complexity index is 1450. The van der Waals surface area contributed by atoms with E-state index in [1.807, 2.05) is 6.07 Å². The van der Waals surface area contributed by atoms with E-state index in [4.69, 9.17) is 4.74 Å². The van der Waals surface area contributed by atoms with Gasteiger partial charge in [0.2, 0.25) is 10.0 Å². The van der Waals surface area contributed by atoms with Crippen LogP contribution < -0.4 is 10.3 Å². The minimum Gasteiger partial charge on any atom is -0.462 e. The lowest BCUT2D eigenvalue weighted by Gasteiger charge is -2.12. The van der Waals surface area contributed by atoms with Crippen molar-refractivity contribution in [2.24, 2.45) is 0 Å². The summed E-state index contributed by atoms with van der Waals surface area (Å²) in [6.07, 6.45) is 2.55. The number of fused-ring (bicyclic) bond motifs is 3. The topological polar surface area (TPSA) is 121 Å². The molecular weight excluding hydrogens is 406 g/mol. The van der Waals surface area contributed by atoms with Crippen LogP contribution in [0.15, 0.2) is 53.5 Å². The molecule has 0 saturated heterocycles. The minimum absolute atomic E-state index is 0.211. The predicted octanol–water partition coefficient (Wildman–Crippen LogP) is 3.22. The lowest BCUT2D eigenvalue weighted by molar-refractivity contribution is 0.0529. The highest BCUT2D eigenvalue weighted by atomic mass is 32.2. The molecular formula is C21H19N3O5S. The van der Waals surface area contributed by atoms with Gasteiger partial charge in [-0.1, -0.05) is 24.3 Å². The molecule has 30 heavy (non-hydrogen) atoms. The summed E-state index contributed by atoms with van der Waals surface area (Å²) in [4.78, 5) is 30.5. The van der Waals surface area contributed by atoms with Crippen LogP contribution >= 0.6 is 0 Å². The summed E-state index contributed by atoms with van der Waals surface area (Å²) < 4.78 is 31.1. The van der Waals surface area contributed by atoms with E-state index in [9.17, 15) is 18.0 Å². The van der Waals surface area contributed by atoms with Gasteiger partial charge in [0, 0.05) is 28.0 Å². The Morgan fingerprint density at radius 1 is 1.17 bits per heavy atom. The van der Waals surface area contributed by atoms with Gasteiger partial charge in [0.05, 0.1) is 24.1 Å². The Labute approximate surface area is 171 Å². The summed E-state index contributed by atoms with van der Waals surface area (Å²) in [6, 6.07) is 12.3. The Hall–Kier alpha value is -3.59. The highest BCUT2D eigenvalue weighted by Crippen LogP contribution is 2.33. The van der Waals surface area contributed by atoms with Crippen LogP contribution in [0.3, 0.4) is 0 Å². The van der Waals surface area contributed by atoms with Crippen LogP contribution in [0.25, 0.3) is 32.9 Å². The second-order valence-corrected chi connectivity index (χ2v) is 8.56. The predicted molar refractivity (Wildman–Crippen MR) is 116 cm³/mol. The summed E-state index contributed by atoms with van der Waals surface area (Å²) in [6.45, 7) is 1.92. The van der Waals surface area contributed by atoms with Crippen molar-refractivity contribution in [1.29, 1.82) is 0 Å². The molecule has 4 rings (SSSR count). The van der Waals surface area contributed by atoms with Crippen molar-refractivity contribution < 1.29 is 17.9 Å². The van der Waals surface area contributed by atoms with Crippen LogP contribution in [-0.4, -0.2) is 37.2 Å². The molecule has 9 heteroatoms. The fourth-order valence-corrected chi connectivity index (χ4v) is 4.07. The Morgan fingerprint density at radius 2 is 1.93 bits per heavy atom. The zero-order valence-electron chi connectivity index (χ0n) is 16.3. The minimum atomic E-state index is -3.47. The summed E-state index contributed by atoms with van der Waals surface area (Å²) in [7, 11) is -3.47. The average molecular weight is 425 g/mol. The molecule has 2 heterocycles. The number of rotatable bonds is 5. The van der Waals surface area contributed by atoms with E-state index in [2.05, 4.69) is 14.7 Å². The number of esters is 1. The maximum absolute atomic E-state index is 12.4. The van der Waals surface area contributed by atoms with Crippen molar-refractivity contribution in [3.8, 4) is 11.1 Å². The highest BCUT2D eigenvalue weighted by molar-refractivity contribution is 7.92. The lowest BCUT2D eigenvalue weighted by Crippen LogP contribution is -2.10. The lowest BCUT2D eigenvalue weighted by atomic mass is 9.99. The van der Waals surface area contributed by atoms with E-state index in [0.717, 1.165) is 11.8 Å². The molecule has 0 amide bonds. The van der Waals surface area contributed by atoms with Gasteiger partial charge in [-0.3, -0.25) is 9.52 Å². The molecule has 0 bridgehead atoms. The fourth-order valence-electron chi connectivity index (χ4n) is 3.49. The second-order valence-electron chi connectivity index (χ2n) is 6.81. The number of sulfonamides is 1. The van der Waals surface area contributed by atoms with Crippen molar-refractivity contribution in [1.82, 2.24) is 9.97 Å². The SMILES string of the molecule is CCOC(=O)c1c[nH]c2c(=O)[nH]c3ccc(-c4ccccc4NS(C)(=O)=O)cc3c12. The number of carbonyl (C=O) groups is 1. The summed E-state index contributed by atoms with van der Waals surface area (Å²) in [5, 5.41) is 1.10. The third-order valence-electron chi connectivity index (χ3n) is 4.67. The van der Waals surface area contributed by atoms with E-state index in [0.29, 0.717) is 27.5 Å². The van der Waals surface area contributed by atoms with Gasteiger partial charge < -0.3 is 14.7 Å². The molecule has 0 aliphatic carbocycles. The maximum Gasteiger partial charge on any atom is 0.340 e. The normalized spacial score (nSPS) is 11.7. The fraction of sp³-hybridized carbons (Fsp3) is 0.143. The smallest absolute Gasteiger partial charge is 0.340 e. The number of para-hydroxylation sites is 1. The molecule has 4 aromatic rings. The highest BCUT2D eigenvalue weighted by Gasteiger charge is 2.19. The first-order valence-corrected chi connectivity index (χ1v) is 11.1. The van der Waals surface area contributed by atoms with Gasteiger partial charge in [-0.25, -0.2) is 13.2 Å². The quantitative estimate of drug-likeness (QED) is 0.424. The Morgan fingerprint density at radius 3 is 2.67 bits per heavy atom. The number of carbonyl (C=O) groups excluding carboxylic acids is 1. The number of pyridine rings is 1. The zero-order valence-corrected chi connectivity index (χ0v) is 17.1. The number of hydrogen-bond donors (Lipinski definition) is 3. The van der Waals surface area contributed by atoms with Gasteiger partial charge >= 0.3 is 5.97 Å². The third kappa shape index (κ3) is 3.55. The van der Waals surface area contributed by atoms with Gasteiger partial charge in [0.1, 0.15) is 5.52 Å². The molecule has 154 valence electrons. The molecule has 8 nitrogen and oxygen atoms in total. The molecule has 0 atom stereocenters. The molecule has 0 unspecified atom stereocenters. The van der Waals surface area contributed by atoms with Crippen molar-refractivity contribution in [2.75, 3.05) is 17.6 Å². The second kappa shape index (κ2) is 7.34. The first kappa shape index (κ1) is 19.7. The van der Waals surface area contributed by atoms with Crippen LogP contribution in [0.4, 0.5) is 5.69 Å². The van der Waals surface area contributed by atoms with Crippen LogP contribution in [0.2, 0.25) is 0 Å². The summed E-state index contributed by atoms with van der Waals surface area (Å²) in [5.41, 5.74) is 2.55. The molecule has 3 N–H and O–H groups in total.